The number of allylic oxidation sites excluding steroid dienone is 1. The second kappa shape index (κ2) is 4.72. The van der Waals surface area contributed by atoms with Crippen LogP contribution in [0.1, 0.15) is 0 Å². The van der Waals surface area contributed by atoms with Crippen molar-refractivity contribution in [3.63, 3.8) is 0 Å². The summed E-state index contributed by atoms with van der Waals surface area (Å²) in [6, 6.07) is 0. The standard InChI is InChI=1S/C7H7NO2S/c1-2-5-10-11-7-3-4-8-9-6-7/h1,3-4,6,8H,5H2. The van der Waals surface area contributed by atoms with Crippen molar-refractivity contribution < 1.29 is 9.02 Å². The molecule has 1 N–H and O–H groups in total. The molecule has 0 atom stereocenters. The Morgan fingerprint density at radius 3 is 3.36 bits per heavy atom. The molecule has 0 spiro atoms. The Morgan fingerprint density at radius 1 is 1.82 bits per heavy atom. The summed E-state index contributed by atoms with van der Waals surface area (Å²) in [5, 5.41) is 0. The maximum absolute atomic E-state index is 4.98. The van der Waals surface area contributed by atoms with Gasteiger partial charge in [0.25, 0.3) is 0 Å². The van der Waals surface area contributed by atoms with Gasteiger partial charge in [0.15, 0.2) is 0 Å². The minimum Gasteiger partial charge on any atom is -0.389 e. The van der Waals surface area contributed by atoms with Gasteiger partial charge in [-0.3, -0.25) is 4.18 Å². The number of terminal acetylenes is 1. The summed E-state index contributed by atoms with van der Waals surface area (Å²) in [6.07, 6.45) is 10.0. The van der Waals surface area contributed by atoms with Crippen LogP contribution in [0.25, 0.3) is 0 Å². The van der Waals surface area contributed by atoms with Crippen LogP contribution in [0.3, 0.4) is 0 Å². The van der Waals surface area contributed by atoms with Crippen molar-refractivity contribution in [3.8, 4) is 12.3 Å². The van der Waals surface area contributed by atoms with Crippen molar-refractivity contribution in [1.82, 2.24) is 5.48 Å². The molecule has 0 aromatic rings. The van der Waals surface area contributed by atoms with Crippen LogP contribution in [0.2, 0.25) is 0 Å². The topological polar surface area (TPSA) is 30.5 Å². The summed E-state index contributed by atoms with van der Waals surface area (Å²) in [4.78, 5) is 5.64. The van der Waals surface area contributed by atoms with Crippen molar-refractivity contribution in [3.05, 3.63) is 23.4 Å². The molecule has 0 radical (unpaired) electrons. The van der Waals surface area contributed by atoms with Gasteiger partial charge in [0.2, 0.25) is 0 Å². The Kier molecular flexibility index (Phi) is 3.45. The number of hydrogen-bond acceptors (Lipinski definition) is 4. The molecule has 0 saturated carbocycles. The minimum absolute atomic E-state index is 0.295. The van der Waals surface area contributed by atoms with Crippen molar-refractivity contribution >= 4 is 12.0 Å². The number of hydroxylamine groups is 1. The monoisotopic (exact) mass is 169 g/mol. The van der Waals surface area contributed by atoms with Crippen LogP contribution in [0.15, 0.2) is 23.4 Å². The zero-order chi connectivity index (χ0) is 7.94. The third-order valence-electron chi connectivity index (χ3n) is 0.856. The Hall–Kier alpha value is -1.05. The summed E-state index contributed by atoms with van der Waals surface area (Å²) in [5.74, 6) is 2.36. The van der Waals surface area contributed by atoms with E-state index in [1.165, 1.54) is 12.0 Å². The number of rotatable bonds is 3. The Labute approximate surface area is 69.6 Å². The SMILES string of the molecule is C#CCOSC1=CONC=C1. The van der Waals surface area contributed by atoms with E-state index in [-0.39, 0.29) is 0 Å². The van der Waals surface area contributed by atoms with E-state index >= 15 is 0 Å². The fourth-order valence-corrected chi connectivity index (χ4v) is 0.940. The molecule has 0 aliphatic carbocycles. The van der Waals surface area contributed by atoms with Crippen LogP contribution in [-0.4, -0.2) is 6.61 Å². The van der Waals surface area contributed by atoms with E-state index in [9.17, 15) is 0 Å². The number of nitrogens with one attached hydrogen (secondary N) is 1. The third-order valence-corrected chi connectivity index (χ3v) is 1.52. The van der Waals surface area contributed by atoms with Gasteiger partial charge >= 0.3 is 0 Å². The summed E-state index contributed by atoms with van der Waals surface area (Å²) in [5.41, 5.74) is 2.54. The first kappa shape index (κ1) is 8.05. The lowest BCUT2D eigenvalue weighted by Crippen LogP contribution is -2.04. The molecule has 1 heterocycles. The van der Waals surface area contributed by atoms with Crippen molar-refractivity contribution in [1.29, 1.82) is 0 Å². The average molecular weight is 169 g/mol. The lowest BCUT2D eigenvalue weighted by molar-refractivity contribution is 0.171. The predicted molar refractivity (Wildman–Crippen MR) is 43.8 cm³/mol. The van der Waals surface area contributed by atoms with Crippen molar-refractivity contribution in [2.45, 2.75) is 0 Å². The molecule has 11 heavy (non-hydrogen) atoms. The molecule has 1 aliphatic heterocycles. The highest BCUT2D eigenvalue weighted by molar-refractivity contribution is 7.98. The van der Waals surface area contributed by atoms with E-state index in [2.05, 4.69) is 11.4 Å². The Morgan fingerprint density at radius 2 is 2.73 bits per heavy atom. The van der Waals surface area contributed by atoms with Gasteiger partial charge in [-0.25, -0.2) is 5.48 Å². The quantitative estimate of drug-likeness (QED) is 0.390. The molecule has 1 rings (SSSR count). The normalized spacial score (nSPS) is 14.3. The Bertz CT molecular complexity index is 217. The predicted octanol–water partition coefficient (Wildman–Crippen LogP) is 1.17. The fraction of sp³-hybridized carbons (Fsp3) is 0.143. The molecule has 0 amide bonds. The van der Waals surface area contributed by atoms with Gasteiger partial charge < -0.3 is 4.84 Å². The zero-order valence-electron chi connectivity index (χ0n) is 5.74. The second-order valence-electron chi connectivity index (χ2n) is 1.64. The van der Waals surface area contributed by atoms with Crippen LogP contribution >= 0.6 is 12.0 Å². The van der Waals surface area contributed by atoms with E-state index in [0.717, 1.165) is 4.91 Å². The van der Waals surface area contributed by atoms with Gasteiger partial charge in [0, 0.05) is 18.2 Å². The van der Waals surface area contributed by atoms with Gasteiger partial charge in [0.1, 0.15) is 12.9 Å². The van der Waals surface area contributed by atoms with E-state index in [4.69, 9.17) is 15.4 Å². The van der Waals surface area contributed by atoms with Gasteiger partial charge in [-0.15, -0.1) is 6.42 Å². The van der Waals surface area contributed by atoms with Crippen molar-refractivity contribution in [2.75, 3.05) is 6.61 Å². The molecule has 58 valence electrons. The molecule has 0 unspecified atom stereocenters. The summed E-state index contributed by atoms with van der Waals surface area (Å²) in [7, 11) is 0. The van der Waals surface area contributed by atoms with Crippen molar-refractivity contribution in [2.24, 2.45) is 0 Å². The van der Waals surface area contributed by atoms with Gasteiger partial charge in [-0.2, -0.15) is 0 Å². The first-order valence-corrected chi connectivity index (χ1v) is 3.68. The molecule has 4 heteroatoms. The molecule has 3 nitrogen and oxygen atoms in total. The second-order valence-corrected chi connectivity index (χ2v) is 2.51. The zero-order valence-corrected chi connectivity index (χ0v) is 6.56. The van der Waals surface area contributed by atoms with Gasteiger partial charge in [0.05, 0.1) is 4.91 Å². The molecular formula is C7H7NO2S. The highest BCUT2D eigenvalue weighted by Crippen LogP contribution is 2.18. The van der Waals surface area contributed by atoms with E-state index < -0.39 is 0 Å². The maximum Gasteiger partial charge on any atom is 0.135 e. The summed E-state index contributed by atoms with van der Waals surface area (Å²) in [6.45, 7) is 0.295. The lowest BCUT2D eigenvalue weighted by atomic mass is 10.6. The van der Waals surface area contributed by atoms with Gasteiger partial charge in [-0.05, 0) is 6.08 Å². The molecule has 0 saturated heterocycles. The van der Waals surface area contributed by atoms with Crippen LogP contribution in [0.5, 0.6) is 0 Å². The smallest absolute Gasteiger partial charge is 0.135 e. The molecule has 1 aliphatic rings. The summed E-state index contributed by atoms with van der Waals surface area (Å²) >= 11 is 1.19. The Balaban J connectivity index is 2.21. The van der Waals surface area contributed by atoms with E-state index in [0.29, 0.717) is 6.61 Å². The maximum atomic E-state index is 4.98. The molecule has 0 bridgehead atoms. The van der Waals surface area contributed by atoms with E-state index in [1.807, 2.05) is 6.08 Å². The summed E-state index contributed by atoms with van der Waals surface area (Å²) < 4.78 is 4.98. The molecule has 0 fully saturated rings. The first-order valence-electron chi connectivity index (χ1n) is 2.94. The highest BCUT2D eigenvalue weighted by atomic mass is 32.2. The molecular weight excluding hydrogens is 162 g/mol. The largest absolute Gasteiger partial charge is 0.389 e. The molecule has 0 aromatic heterocycles. The minimum atomic E-state index is 0.295. The number of hydrogen-bond donors (Lipinski definition) is 1. The average Bonchev–Trinajstić information content (AvgIpc) is 2.07. The van der Waals surface area contributed by atoms with E-state index in [1.54, 1.807) is 12.5 Å². The van der Waals surface area contributed by atoms with Crippen LogP contribution in [-0.2, 0) is 9.02 Å². The first-order chi connectivity index (χ1) is 5.43. The van der Waals surface area contributed by atoms with Crippen LogP contribution in [0, 0.1) is 12.3 Å². The van der Waals surface area contributed by atoms with Gasteiger partial charge in [-0.1, -0.05) is 5.92 Å². The third kappa shape index (κ3) is 3.03. The van der Waals surface area contributed by atoms with Crippen LogP contribution < -0.4 is 5.48 Å². The molecule has 0 aromatic carbocycles. The van der Waals surface area contributed by atoms with Crippen LogP contribution in [0.4, 0.5) is 0 Å². The lowest BCUT2D eigenvalue weighted by Gasteiger charge is -2.06. The highest BCUT2D eigenvalue weighted by Gasteiger charge is 1.97. The fourth-order valence-electron chi connectivity index (χ4n) is 0.466.